The van der Waals surface area contributed by atoms with E-state index in [2.05, 4.69) is 0 Å². The van der Waals surface area contributed by atoms with Crippen LogP contribution in [0.5, 0.6) is 5.75 Å². The highest BCUT2D eigenvalue weighted by atomic mass is 32.1. The van der Waals surface area contributed by atoms with Crippen LogP contribution in [-0.2, 0) is 0 Å². The van der Waals surface area contributed by atoms with Crippen LogP contribution >= 0.6 is 11.3 Å². The first-order chi connectivity index (χ1) is 7.61. The van der Waals surface area contributed by atoms with E-state index in [1.807, 2.05) is 0 Å². The molecular weight excluding hydrogens is 234 g/mol. The quantitative estimate of drug-likeness (QED) is 0.771. The highest BCUT2D eigenvalue weighted by molar-refractivity contribution is 7.20. The van der Waals surface area contributed by atoms with E-state index in [0.29, 0.717) is 5.75 Å². The number of rotatable bonds is 3. The largest absolute Gasteiger partial charge is 0.497 e. The molecule has 0 saturated carbocycles. The van der Waals surface area contributed by atoms with Crippen molar-refractivity contribution in [2.45, 2.75) is 6.43 Å². The topological polar surface area (TPSA) is 26.3 Å². The molecule has 16 heavy (non-hydrogen) atoms. The zero-order chi connectivity index (χ0) is 11.7. The first-order valence-corrected chi connectivity index (χ1v) is 5.33. The van der Waals surface area contributed by atoms with Crippen LogP contribution in [0.4, 0.5) is 8.78 Å². The van der Waals surface area contributed by atoms with Crippen LogP contribution < -0.4 is 4.74 Å². The molecule has 2 rings (SSSR count). The van der Waals surface area contributed by atoms with E-state index >= 15 is 0 Å². The van der Waals surface area contributed by atoms with Gasteiger partial charge in [0.2, 0.25) is 5.78 Å². The third-order valence-electron chi connectivity index (χ3n) is 2.16. The molecule has 0 radical (unpaired) electrons. The zero-order valence-corrected chi connectivity index (χ0v) is 9.18. The molecule has 0 saturated heterocycles. The van der Waals surface area contributed by atoms with Gasteiger partial charge in [0, 0.05) is 4.70 Å². The Labute approximate surface area is 94.5 Å². The third kappa shape index (κ3) is 1.90. The number of alkyl halides is 2. The Morgan fingerprint density at radius 2 is 2.12 bits per heavy atom. The molecular formula is C11H8F2O2S. The Morgan fingerprint density at radius 3 is 2.75 bits per heavy atom. The number of halogens is 2. The number of carbonyl (C=O) groups is 1. The van der Waals surface area contributed by atoms with Crippen molar-refractivity contribution in [2.24, 2.45) is 0 Å². The van der Waals surface area contributed by atoms with E-state index in [1.54, 1.807) is 18.2 Å². The number of carbonyl (C=O) groups excluding carboxylic acids is 1. The van der Waals surface area contributed by atoms with E-state index in [-0.39, 0.29) is 4.88 Å². The van der Waals surface area contributed by atoms with Crippen LogP contribution in [-0.4, -0.2) is 19.3 Å². The first kappa shape index (κ1) is 11.0. The molecule has 1 heterocycles. The maximum atomic E-state index is 12.2. The molecule has 0 fully saturated rings. The fourth-order valence-corrected chi connectivity index (χ4v) is 2.36. The smallest absolute Gasteiger partial charge is 0.301 e. The highest BCUT2D eigenvalue weighted by Crippen LogP contribution is 2.29. The molecule has 1 aromatic carbocycles. The van der Waals surface area contributed by atoms with Crippen LogP contribution in [0.1, 0.15) is 9.67 Å². The van der Waals surface area contributed by atoms with Crippen molar-refractivity contribution in [1.82, 2.24) is 0 Å². The summed E-state index contributed by atoms with van der Waals surface area (Å²) in [7, 11) is 1.53. The summed E-state index contributed by atoms with van der Waals surface area (Å²) in [6, 6.07) is 6.67. The summed E-state index contributed by atoms with van der Waals surface area (Å²) in [5.74, 6) is -0.485. The number of Topliss-reactive ketones (excluding diaryl/α,β-unsaturated/α-hetero) is 1. The molecule has 0 bridgehead atoms. The molecule has 0 aliphatic rings. The lowest BCUT2D eigenvalue weighted by atomic mass is 10.2. The van der Waals surface area contributed by atoms with Gasteiger partial charge in [0.15, 0.2) is 0 Å². The van der Waals surface area contributed by atoms with Gasteiger partial charge in [-0.3, -0.25) is 4.79 Å². The number of hydrogen-bond donors (Lipinski definition) is 0. The molecule has 0 spiro atoms. The van der Waals surface area contributed by atoms with Crippen molar-refractivity contribution in [3.05, 3.63) is 29.1 Å². The summed E-state index contributed by atoms with van der Waals surface area (Å²) in [5, 5.41) is 0.744. The highest BCUT2D eigenvalue weighted by Gasteiger charge is 2.20. The number of hydrogen-bond acceptors (Lipinski definition) is 3. The van der Waals surface area contributed by atoms with Gasteiger partial charge in [0.25, 0.3) is 0 Å². The van der Waals surface area contributed by atoms with Crippen molar-refractivity contribution in [2.75, 3.05) is 7.11 Å². The van der Waals surface area contributed by atoms with Crippen LogP contribution in [0.15, 0.2) is 24.3 Å². The number of methoxy groups -OCH3 is 1. The van der Waals surface area contributed by atoms with Gasteiger partial charge in [0.1, 0.15) is 5.75 Å². The zero-order valence-electron chi connectivity index (χ0n) is 8.37. The molecule has 2 nitrogen and oxygen atoms in total. The van der Waals surface area contributed by atoms with Gasteiger partial charge >= 0.3 is 6.43 Å². The summed E-state index contributed by atoms with van der Waals surface area (Å²) in [5.41, 5.74) is 0. The first-order valence-electron chi connectivity index (χ1n) is 4.52. The van der Waals surface area contributed by atoms with Crippen LogP contribution in [0, 0.1) is 0 Å². The molecule has 5 heteroatoms. The molecule has 84 valence electrons. The molecule has 0 amide bonds. The monoisotopic (exact) mass is 242 g/mol. The number of ketones is 1. The molecule has 0 unspecified atom stereocenters. The standard InChI is InChI=1S/C11H8F2O2S/c1-15-7-2-3-8-6(4-7)5-9(16-8)10(14)11(12)13/h2-5,11H,1H3. The molecule has 2 aromatic rings. The average molecular weight is 242 g/mol. The minimum Gasteiger partial charge on any atom is -0.497 e. The molecule has 0 aliphatic heterocycles. The van der Waals surface area contributed by atoms with Crippen molar-refractivity contribution in [1.29, 1.82) is 0 Å². The number of benzene rings is 1. The summed E-state index contributed by atoms with van der Waals surface area (Å²) < 4.78 is 30.2. The number of ether oxygens (including phenoxy) is 1. The van der Waals surface area contributed by atoms with Gasteiger partial charge in [-0.25, -0.2) is 8.78 Å². The normalized spacial score (nSPS) is 11.0. The fourth-order valence-electron chi connectivity index (χ4n) is 1.38. The Kier molecular flexibility index (Phi) is 2.87. The van der Waals surface area contributed by atoms with Crippen LogP contribution in [0.25, 0.3) is 10.1 Å². The van der Waals surface area contributed by atoms with Crippen molar-refractivity contribution >= 4 is 27.2 Å². The van der Waals surface area contributed by atoms with Crippen molar-refractivity contribution in [3.63, 3.8) is 0 Å². The minimum absolute atomic E-state index is 0.0817. The van der Waals surface area contributed by atoms with E-state index in [4.69, 9.17) is 4.74 Å². The van der Waals surface area contributed by atoms with Gasteiger partial charge in [-0.05, 0) is 29.7 Å². The van der Waals surface area contributed by atoms with E-state index < -0.39 is 12.2 Å². The van der Waals surface area contributed by atoms with Gasteiger partial charge in [0.05, 0.1) is 12.0 Å². The maximum absolute atomic E-state index is 12.2. The Morgan fingerprint density at radius 1 is 1.38 bits per heavy atom. The molecule has 1 aromatic heterocycles. The van der Waals surface area contributed by atoms with Gasteiger partial charge in [-0.15, -0.1) is 11.3 Å². The predicted molar refractivity (Wildman–Crippen MR) is 58.7 cm³/mol. The predicted octanol–water partition coefficient (Wildman–Crippen LogP) is 3.36. The summed E-state index contributed by atoms with van der Waals surface area (Å²) in [4.78, 5) is 11.2. The number of fused-ring (bicyclic) bond motifs is 1. The molecule has 0 N–H and O–H groups in total. The third-order valence-corrected chi connectivity index (χ3v) is 3.30. The van der Waals surface area contributed by atoms with E-state index in [1.165, 1.54) is 13.2 Å². The minimum atomic E-state index is -2.95. The Bertz CT molecular complexity index is 534. The SMILES string of the molecule is COc1ccc2sc(C(=O)C(F)F)cc2c1. The summed E-state index contributed by atoms with van der Waals surface area (Å²) in [6.07, 6.45) is -2.95. The van der Waals surface area contributed by atoms with Crippen molar-refractivity contribution < 1.29 is 18.3 Å². The Balaban J connectivity index is 2.47. The summed E-state index contributed by atoms with van der Waals surface area (Å²) >= 11 is 1.07. The van der Waals surface area contributed by atoms with Gasteiger partial charge in [-0.2, -0.15) is 0 Å². The van der Waals surface area contributed by atoms with Crippen LogP contribution in [0.2, 0.25) is 0 Å². The second-order valence-electron chi connectivity index (χ2n) is 3.18. The summed E-state index contributed by atoms with van der Waals surface area (Å²) in [6.45, 7) is 0. The van der Waals surface area contributed by atoms with Gasteiger partial charge in [-0.1, -0.05) is 0 Å². The lowest BCUT2D eigenvalue weighted by Crippen LogP contribution is -2.07. The van der Waals surface area contributed by atoms with E-state index in [9.17, 15) is 13.6 Å². The second-order valence-corrected chi connectivity index (χ2v) is 4.26. The molecule has 0 aliphatic carbocycles. The van der Waals surface area contributed by atoms with E-state index in [0.717, 1.165) is 21.4 Å². The average Bonchev–Trinajstić information content (AvgIpc) is 2.69. The van der Waals surface area contributed by atoms with Crippen LogP contribution in [0.3, 0.4) is 0 Å². The second kappa shape index (κ2) is 4.17. The van der Waals surface area contributed by atoms with Crippen molar-refractivity contribution in [3.8, 4) is 5.75 Å². The number of thiophene rings is 1. The molecule has 0 atom stereocenters. The van der Waals surface area contributed by atoms with Gasteiger partial charge < -0.3 is 4.74 Å². The maximum Gasteiger partial charge on any atom is 0.301 e. The lowest BCUT2D eigenvalue weighted by molar-refractivity contribution is 0.0683. The Hall–Kier alpha value is -1.49. The fraction of sp³-hybridized carbons (Fsp3) is 0.182. The lowest BCUT2D eigenvalue weighted by Gasteiger charge is -1.97.